The fourth-order valence-corrected chi connectivity index (χ4v) is 6.23. The number of aryl methyl sites for hydroxylation is 1. The molecule has 1 heterocycles. The summed E-state index contributed by atoms with van der Waals surface area (Å²) in [6.07, 6.45) is 10.6. The van der Waals surface area contributed by atoms with Crippen molar-refractivity contribution in [2.75, 3.05) is 0 Å². The zero-order valence-corrected chi connectivity index (χ0v) is 36.2. The largest absolute Gasteiger partial charge is 3.00 e. The molecule has 4 heteroatoms. The maximum absolute atomic E-state index is 9.27. The molecule has 0 amide bonds. The minimum Gasteiger partial charge on any atom is -0.811 e. The number of fused-ring (bicyclic) bond motifs is 1. The van der Waals surface area contributed by atoms with Gasteiger partial charge in [-0.3, -0.25) is 4.98 Å². The van der Waals surface area contributed by atoms with E-state index in [1.54, 1.807) is 18.2 Å². The first-order chi connectivity index (χ1) is 29.2. The first-order valence-electron chi connectivity index (χ1n) is 21.8. The van der Waals surface area contributed by atoms with Crippen molar-refractivity contribution in [3.05, 3.63) is 203 Å². The molecule has 0 saturated heterocycles. The summed E-state index contributed by atoms with van der Waals surface area (Å²) in [5.41, 5.74) is 9.26. The quantitative estimate of drug-likeness (QED) is 0.0725. The number of para-hydroxylation sites is 2. The number of imidazole rings is 1. The third kappa shape index (κ3) is 11.8. The SMILES string of the molecule is [2H]C([2H])([2H])c1c[c-]c(-c2nc3cccc(C([2H])(C)C)c3n2-c2ccccc2)cc1C(=C)/C=C\C=C/C.[2H]C([2H])(c1ccc(C(/C=C(\C)c2[c-]cccc2)=C/C=[N-])cc1)C(C)(C)C.[Ir+3]. The molecule has 0 fully saturated rings. The van der Waals surface area contributed by atoms with Crippen molar-refractivity contribution in [2.45, 2.75) is 67.6 Å². The summed E-state index contributed by atoms with van der Waals surface area (Å²) in [6, 6.07) is 40.6. The maximum atomic E-state index is 9.27. The Balaban J connectivity index is 0.000000287. The summed E-state index contributed by atoms with van der Waals surface area (Å²) >= 11 is 0. The van der Waals surface area contributed by atoms with Crippen LogP contribution in [-0.4, -0.2) is 15.8 Å². The number of hydrogen-bond acceptors (Lipinski definition) is 1. The molecule has 0 aliphatic heterocycles. The number of nitrogens with zero attached hydrogens (tertiary/aromatic N) is 3. The standard InChI is InChI=1S/C30H29N2.C23H25N.Ir/c1-6-7-9-13-22(4)27-20-24(19-18-23(27)5)30-31-28-17-12-16-26(21(2)3)29(28)32(30)25-14-10-8-11-15-25;1-18(20-8-6-5-7-9-20)16-22(14-15-24)21-12-10-19(11-13-21)17-23(2,3)4;/h6-18,20-21H,4H2,1-3,5H3;5-8,10-16H,17H2,1-4H3;/q-1;-2;+3/b7-6-,13-9-;18-16+,22-14+;/i5D3,21D;17D2;. The molecule has 0 radical (unpaired) electrons. The summed E-state index contributed by atoms with van der Waals surface area (Å²) in [4.78, 5) is 4.95. The third-order valence-corrected chi connectivity index (χ3v) is 8.87. The van der Waals surface area contributed by atoms with Crippen LogP contribution < -0.4 is 0 Å². The molecule has 0 saturated carbocycles. The van der Waals surface area contributed by atoms with Gasteiger partial charge in [-0.1, -0.05) is 152 Å². The minimum atomic E-state index is -2.32. The Bertz CT molecular complexity index is 2640. The van der Waals surface area contributed by atoms with Crippen LogP contribution in [0.2, 0.25) is 0 Å². The van der Waals surface area contributed by atoms with Gasteiger partial charge < -0.3 is 9.98 Å². The number of allylic oxidation sites excluding steroid dienone is 9. The van der Waals surface area contributed by atoms with Gasteiger partial charge in [0.2, 0.25) is 0 Å². The van der Waals surface area contributed by atoms with Crippen LogP contribution in [0, 0.1) is 24.4 Å². The Labute approximate surface area is 363 Å². The second-order valence-electron chi connectivity index (χ2n) is 14.7. The van der Waals surface area contributed by atoms with Gasteiger partial charge >= 0.3 is 20.1 Å². The zero-order valence-electron chi connectivity index (χ0n) is 39.8. The molecule has 0 unspecified atom stereocenters. The first kappa shape index (κ1) is 36.0. The van der Waals surface area contributed by atoms with E-state index in [0.29, 0.717) is 28.1 Å². The molecule has 6 aromatic rings. The maximum Gasteiger partial charge on any atom is 3.00 e. The van der Waals surface area contributed by atoms with Gasteiger partial charge in [0.25, 0.3) is 0 Å². The minimum absolute atomic E-state index is 0. The molecule has 0 bridgehead atoms. The Morgan fingerprint density at radius 1 is 0.982 bits per heavy atom. The van der Waals surface area contributed by atoms with Gasteiger partial charge in [0.1, 0.15) is 0 Å². The van der Waals surface area contributed by atoms with Gasteiger partial charge in [0, 0.05) is 13.9 Å². The molecule has 0 aliphatic carbocycles. The Hall–Kier alpha value is -5.41. The van der Waals surface area contributed by atoms with Crippen LogP contribution in [0.25, 0.3) is 50.2 Å². The summed E-state index contributed by atoms with van der Waals surface area (Å²) < 4.78 is 51.7. The topological polar surface area (TPSA) is 40.1 Å². The summed E-state index contributed by atoms with van der Waals surface area (Å²) in [5.74, 6) is -0.230. The number of benzene rings is 5. The van der Waals surface area contributed by atoms with E-state index in [9.17, 15) is 5.41 Å². The molecule has 0 spiro atoms. The van der Waals surface area contributed by atoms with E-state index in [1.807, 2.05) is 174 Å². The molecule has 1 aromatic heterocycles. The van der Waals surface area contributed by atoms with Crippen LogP contribution in [-0.2, 0) is 26.5 Å². The first-order valence-corrected chi connectivity index (χ1v) is 18.8. The smallest absolute Gasteiger partial charge is 0.811 e. The second kappa shape index (κ2) is 20.7. The van der Waals surface area contributed by atoms with E-state index in [1.165, 1.54) is 6.07 Å². The van der Waals surface area contributed by atoms with Crippen LogP contribution in [0.5, 0.6) is 0 Å². The molecular formula is C53H54IrN3. The molecule has 0 aliphatic rings. The van der Waals surface area contributed by atoms with Crippen LogP contribution >= 0.6 is 0 Å². The normalized spacial score (nSPS) is 14.4. The van der Waals surface area contributed by atoms with Gasteiger partial charge in [-0.05, 0) is 70.6 Å². The fourth-order valence-electron chi connectivity index (χ4n) is 6.23. The molecule has 0 N–H and O–H groups in total. The van der Waals surface area contributed by atoms with E-state index in [2.05, 4.69) is 18.7 Å². The summed E-state index contributed by atoms with van der Waals surface area (Å²) in [5, 5.41) is 9.27. The predicted octanol–water partition coefficient (Wildman–Crippen LogP) is 14.3. The van der Waals surface area contributed by atoms with Crippen molar-refractivity contribution in [3.63, 3.8) is 0 Å². The van der Waals surface area contributed by atoms with Gasteiger partial charge in [0.15, 0.2) is 0 Å². The Morgan fingerprint density at radius 3 is 2.35 bits per heavy atom. The molecule has 57 heavy (non-hydrogen) atoms. The van der Waals surface area contributed by atoms with Gasteiger partial charge in [-0.2, -0.15) is 6.21 Å². The Morgan fingerprint density at radius 2 is 1.72 bits per heavy atom. The number of aromatic nitrogens is 2. The van der Waals surface area contributed by atoms with Gasteiger partial charge in [-0.15, -0.1) is 70.8 Å². The van der Waals surface area contributed by atoms with E-state index in [-0.39, 0.29) is 25.7 Å². The van der Waals surface area contributed by atoms with Crippen molar-refractivity contribution in [1.82, 2.24) is 9.55 Å². The molecule has 0 atom stereocenters. The monoisotopic (exact) mass is 931 g/mol. The second-order valence-corrected chi connectivity index (χ2v) is 14.7. The molecule has 6 rings (SSSR count). The van der Waals surface area contributed by atoms with Crippen LogP contribution in [0.4, 0.5) is 0 Å². The average Bonchev–Trinajstić information content (AvgIpc) is 3.63. The number of rotatable bonds is 11. The molecule has 5 aromatic carbocycles. The zero-order chi connectivity index (χ0) is 45.5. The van der Waals surface area contributed by atoms with Crippen LogP contribution in [0.1, 0.15) is 96.0 Å². The van der Waals surface area contributed by atoms with E-state index in [4.69, 9.17) is 13.2 Å². The van der Waals surface area contributed by atoms with Crippen molar-refractivity contribution < 1.29 is 28.3 Å². The van der Waals surface area contributed by atoms with Crippen molar-refractivity contribution in [1.29, 1.82) is 0 Å². The Kier molecular flexibility index (Phi) is 13.0. The van der Waals surface area contributed by atoms with Crippen molar-refractivity contribution >= 4 is 34.0 Å². The van der Waals surface area contributed by atoms with E-state index in [0.717, 1.165) is 50.8 Å². The molecule has 290 valence electrons. The fraction of sp³-hybridized carbons (Fsp3) is 0.208. The van der Waals surface area contributed by atoms with E-state index < -0.39 is 24.5 Å². The average molecular weight is 931 g/mol. The molecule has 3 nitrogen and oxygen atoms in total. The summed E-state index contributed by atoms with van der Waals surface area (Å²) in [7, 11) is 0. The third-order valence-electron chi connectivity index (χ3n) is 8.87. The molecular weight excluding hydrogens is 871 g/mol. The van der Waals surface area contributed by atoms with Gasteiger partial charge in [0.05, 0.1) is 16.9 Å². The predicted molar refractivity (Wildman–Crippen MR) is 243 cm³/mol. The van der Waals surface area contributed by atoms with Crippen LogP contribution in [0.3, 0.4) is 0 Å². The van der Waals surface area contributed by atoms with Crippen LogP contribution in [0.15, 0.2) is 152 Å². The van der Waals surface area contributed by atoms with Gasteiger partial charge in [-0.25, -0.2) is 0 Å². The van der Waals surface area contributed by atoms with E-state index >= 15 is 0 Å². The summed E-state index contributed by atoms with van der Waals surface area (Å²) in [6.45, 7) is 15.2. The number of hydrogen-bond donors (Lipinski definition) is 0. The van der Waals surface area contributed by atoms with Crippen molar-refractivity contribution in [2.24, 2.45) is 5.41 Å². The van der Waals surface area contributed by atoms with Crippen molar-refractivity contribution in [3.8, 4) is 17.1 Å².